The number of phenols is 1. The molecule has 1 aromatic carbocycles. The van der Waals surface area contributed by atoms with E-state index in [0.717, 1.165) is 12.1 Å². The Morgan fingerprint density at radius 3 is 2.59 bits per heavy atom. The van der Waals surface area contributed by atoms with Gasteiger partial charge in [0.2, 0.25) is 10.0 Å². The fraction of sp³-hybridized carbons (Fsp3) is 0.300. The molecule has 0 atom stereocenters. The van der Waals surface area contributed by atoms with Crippen LogP contribution in [0.4, 0.5) is 5.69 Å². The van der Waals surface area contributed by atoms with Crippen molar-refractivity contribution in [3.8, 4) is 5.75 Å². The first-order valence-corrected chi connectivity index (χ1v) is 6.57. The number of aromatic carboxylic acids is 1. The average molecular weight is 259 g/mol. The number of carboxylic acid groups (broad SMARTS) is 1. The van der Waals surface area contributed by atoms with Crippen molar-refractivity contribution in [3.63, 3.8) is 0 Å². The zero-order chi connectivity index (χ0) is 13.1. The zero-order valence-electron chi connectivity index (χ0n) is 9.17. The van der Waals surface area contributed by atoms with E-state index in [9.17, 15) is 18.3 Å². The Bertz CT molecular complexity index is 523. The maximum Gasteiger partial charge on any atom is 0.339 e. The lowest BCUT2D eigenvalue weighted by Crippen LogP contribution is -2.16. The van der Waals surface area contributed by atoms with E-state index < -0.39 is 21.7 Å². The minimum atomic E-state index is -3.46. The van der Waals surface area contributed by atoms with Crippen molar-refractivity contribution in [2.24, 2.45) is 0 Å². The van der Waals surface area contributed by atoms with Gasteiger partial charge in [0.1, 0.15) is 11.3 Å². The number of aromatic hydroxyl groups is 1. The van der Waals surface area contributed by atoms with Gasteiger partial charge in [0, 0.05) is 5.69 Å². The van der Waals surface area contributed by atoms with Crippen molar-refractivity contribution in [1.82, 2.24) is 0 Å². The molecular formula is C10H13NO5S. The molecule has 0 spiro atoms. The van der Waals surface area contributed by atoms with Gasteiger partial charge < -0.3 is 10.2 Å². The molecule has 0 amide bonds. The molecule has 6 nitrogen and oxygen atoms in total. The maximum atomic E-state index is 11.4. The largest absolute Gasteiger partial charge is 0.507 e. The third-order valence-electron chi connectivity index (χ3n) is 1.97. The van der Waals surface area contributed by atoms with Crippen LogP contribution in [0.3, 0.4) is 0 Å². The molecule has 0 radical (unpaired) electrons. The second kappa shape index (κ2) is 5.05. The molecule has 17 heavy (non-hydrogen) atoms. The minimum absolute atomic E-state index is 0.0454. The summed E-state index contributed by atoms with van der Waals surface area (Å²) in [5, 5.41) is 18.0. The summed E-state index contributed by atoms with van der Waals surface area (Å²) in [6.45, 7) is 1.72. The number of benzene rings is 1. The van der Waals surface area contributed by atoms with E-state index in [1.165, 1.54) is 6.07 Å². The molecule has 0 saturated heterocycles. The lowest BCUT2D eigenvalue weighted by atomic mass is 10.2. The van der Waals surface area contributed by atoms with Crippen molar-refractivity contribution in [1.29, 1.82) is 0 Å². The molecule has 7 heteroatoms. The highest BCUT2D eigenvalue weighted by Crippen LogP contribution is 2.22. The summed E-state index contributed by atoms with van der Waals surface area (Å²) in [6.07, 6.45) is 0.458. The van der Waals surface area contributed by atoms with Gasteiger partial charge in [-0.15, -0.1) is 0 Å². The Balaban J connectivity index is 3.02. The molecule has 94 valence electrons. The van der Waals surface area contributed by atoms with Crippen molar-refractivity contribution in [2.45, 2.75) is 13.3 Å². The molecule has 0 unspecified atom stereocenters. The van der Waals surface area contributed by atoms with Crippen LogP contribution >= 0.6 is 0 Å². The highest BCUT2D eigenvalue weighted by molar-refractivity contribution is 7.92. The number of carbonyl (C=O) groups is 1. The standard InChI is InChI=1S/C10H13NO5S/c1-2-5-17(15,16)11-7-3-4-9(12)8(6-7)10(13)14/h3-4,6,11-12H,2,5H2,1H3,(H,13,14). The van der Waals surface area contributed by atoms with E-state index in [1.807, 2.05) is 0 Å². The van der Waals surface area contributed by atoms with Gasteiger partial charge >= 0.3 is 5.97 Å². The number of hydrogen-bond acceptors (Lipinski definition) is 4. The third-order valence-corrected chi connectivity index (χ3v) is 3.47. The first kappa shape index (κ1) is 13.3. The number of nitrogens with one attached hydrogen (secondary N) is 1. The Morgan fingerprint density at radius 1 is 1.41 bits per heavy atom. The third kappa shape index (κ3) is 3.63. The van der Waals surface area contributed by atoms with E-state index in [4.69, 9.17) is 5.11 Å². The number of rotatable bonds is 5. The molecule has 0 fully saturated rings. The fourth-order valence-electron chi connectivity index (χ4n) is 1.27. The van der Waals surface area contributed by atoms with Crippen molar-refractivity contribution >= 4 is 21.7 Å². The molecule has 3 N–H and O–H groups in total. The van der Waals surface area contributed by atoms with Crippen LogP contribution in [0.25, 0.3) is 0 Å². The predicted octanol–water partition coefficient (Wildman–Crippen LogP) is 1.24. The molecule has 0 aliphatic heterocycles. The van der Waals surface area contributed by atoms with E-state index in [2.05, 4.69) is 4.72 Å². The first-order chi connectivity index (χ1) is 7.85. The monoisotopic (exact) mass is 259 g/mol. The fourth-order valence-corrected chi connectivity index (χ4v) is 2.40. The number of anilines is 1. The Kier molecular flexibility index (Phi) is 3.95. The van der Waals surface area contributed by atoms with Crippen LogP contribution in [-0.2, 0) is 10.0 Å². The van der Waals surface area contributed by atoms with E-state index in [1.54, 1.807) is 6.92 Å². The van der Waals surface area contributed by atoms with Crippen molar-refractivity contribution in [2.75, 3.05) is 10.5 Å². The quantitative estimate of drug-likeness (QED) is 0.690. The molecule has 0 aliphatic carbocycles. The summed E-state index contributed by atoms with van der Waals surface area (Å²) in [7, 11) is -3.46. The Hall–Kier alpha value is -1.76. The van der Waals surface area contributed by atoms with Gasteiger partial charge in [-0.05, 0) is 24.6 Å². The smallest absolute Gasteiger partial charge is 0.339 e. The van der Waals surface area contributed by atoms with E-state index >= 15 is 0 Å². The average Bonchev–Trinajstić information content (AvgIpc) is 2.20. The maximum absolute atomic E-state index is 11.4. The molecule has 1 aromatic rings. The highest BCUT2D eigenvalue weighted by atomic mass is 32.2. The SMILES string of the molecule is CCCS(=O)(=O)Nc1ccc(O)c(C(=O)O)c1. The summed E-state index contributed by atoms with van der Waals surface area (Å²) >= 11 is 0. The lowest BCUT2D eigenvalue weighted by molar-refractivity contribution is 0.0694. The second-order valence-electron chi connectivity index (χ2n) is 3.46. The van der Waals surface area contributed by atoms with Crippen LogP contribution in [0.15, 0.2) is 18.2 Å². The van der Waals surface area contributed by atoms with Gasteiger partial charge in [-0.1, -0.05) is 6.92 Å². The van der Waals surface area contributed by atoms with Gasteiger partial charge in [-0.2, -0.15) is 0 Å². The number of sulfonamides is 1. The number of carboxylic acids is 1. The summed E-state index contributed by atoms with van der Waals surface area (Å²) in [6, 6.07) is 3.51. The molecule has 0 bridgehead atoms. The summed E-state index contributed by atoms with van der Waals surface area (Å²) in [5.41, 5.74) is -0.227. The normalized spacial score (nSPS) is 11.1. The first-order valence-electron chi connectivity index (χ1n) is 4.92. The van der Waals surface area contributed by atoms with Gasteiger partial charge in [-0.3, -0.25) is 4.72 Å². The summed E-state index contributed by atoms with van der Waals surface area (Å²) < 4.78 is 25.1. The molecule has 0 aromatic heterocycles. The topological polar surface area (TPSA) is 104 Å². The molecule has 0 heterocycles. The van der Waals surface area contributed by atoms with Gasteiger partial charge in [-0.25, -0.2) is 13.2 Å². The van der Waals surface area contributed by atoms with Gasteiger partial charge in [0.15, 0.2) is 0 Å². The highest BCUT2D eigenvalue weighted by Gasteiger charge is 2.13. The van der Waals surface area contributed by atoms with Crippen LogP contribution in [0, 0.1) is 0 Å². The van der Waals surface area contributed by atoms with Gasteiger partial charge in [0.05, 0.1) is 5.75 Å². The van der Waals surface area contributed by atoms with Crippen LogP contribution < -0.4 is 4.72 Å². The van der Waals surface area contributed by atoms with E-state index in [0.29, 0.717) is 6.42 Å². The van der Waals surface area contributed by atoms with Crippen LogP contribution in [0.1, 0.15) is 23.7 Å². The van der Waals surface area contributed by atoms with Crippen LogP contribution in [0.2, 0.25) is 0 Å². The molecule has 0 aliphatic rings. The molecular weight excluding hydrogens is 246 g/mol. The minimum Gasteiger partial charge on any atom is -0.507 e. The second-order valence-corrected chi connectivity index (χ2v) is 5.30. The lowest BCUT2D eigenvalue weighted by Gasteiger charge is -2.08. The zero-order valence-corrected chi connectivity index (χ0v) is 9.99. The van der Waals surface area contributed by atoms with Gasteiger partial charge in [0.25, 0.3) is 0 Å². The number of hydrogen-bond donors (Lipinski definition) is 3. The Labute approximate surface area is 99.0 Å². The van der Waals surface area contributed by atoms with Crippen LogP contribution in [0.5, 0.6) is 5.75 Å². The Morgan fingerprint density at radius 2 is 2.06 bits per heavy atom. The summed E-state index contributed by atoms with van der Waals surface area (Å²) in [4.78, 5) is 10.7. The molecule has 1 rings (SSSR count). The predicted molar refractivity (Wildman–Crippen MR) is 62.8 cm³/mol. The van der Waals surface area contributed by atoms with Crippen molar-refractivity contribution < 1.29 is 23.4 Å². The summed E-state index contributed by atoms with van der Waals surface area (Å²) in [5.74, 6) is -1.77. The molecule has 0 saturated carbocycles. The van der Waals surface area contributed by atoms with Crippen LogP contribution in [-0.4, -0.2) is 30.4 Å². The van der Waals surface area contributed by atoms with E-state index in [-0.39, 0.29) is 17.0 Å². The van der Waals surface area contributed by atoms with Crippen molar-refractivity contribution in [3.05, 3.63) is 23.8 Å².